The molecule has 0 saturated carbocycles. The maximum Gasteiger partial charge on any atom is -0.00187 e. The van der Waals surface area contributed by atoms with Gasteiger partial charge < -0.3 is 4.90 Å². The minimum atomic E-state index is 1.23. The first-order valence-electron chi connectivity index (χ1n) is 14.5. The lowest BCUT2D eigenvalue weighted by atomic mass is 9.99. The predicted octanol–water partition coefficient (Wildman–Crippen LogP) is 9.97. The second-order valence-corrected chi connectivity index (χ2v) is 10.2. The zero-order chi connectivity index (χ0) is 23.4. The van der Waals surface area contributed by atoms with Gasteiger partial charge in [0.2, 0.25) is 0 Å². The summed E-state index contributed by atoms with van der Waals surface area (Å²) in [4.78, 5) is 2.66. The van der Waals surface area contributed by atoms with Crippen molar-refractivity contribution in [3.8, 4) is 0 Å². The highest BCUT2D eigenvalue weighted by Crippen LogP contribution is 2.21. The van der Waals surface area contributed by atoms with Gasteiger partial charge in [-0.3, -0.25) is 0 Å². The summed E-state index contributed by atoms with van der Waals surface area (Å²) in [5, 5.41) is 2.83. The van der Waals surface area contributed by atoms with E-state index in [1.165, 1.54) is 145 Å². The summed E-state index contributed by atoms with van der Waals surface area (Å²) < 4.78 is 0. The first kappa shape index (κ1) is 27.9. The fraction of sp³-hybridized carbons (Fsp3) is 0.688. The normalized spacial score (nSPS) is 11.6. The van der Waals surface area contributed by atoms with E-state index in [9.17, 15) is 0 Å². The third kappa shape index (κ3) is 12.6. The molecule has 2 aromatic carbocycles. The topological polar surface area (TPSA) is 3.24 Å². The Balaban J connectivity index is 1.33. The van der Waals surface area contributed by atoms with Crippen LogP contribution in [0.25, 0.3) is 10.8 Å². The Kier molecular flexibility index (Phi) is 16.1. The lowest BCUT2D eigenvalue weighted by Crippen LogP contribution is -2.26. The van der Waals surface area contributed by atoms with Gasteiger partial charge >= 0.3 is 0 Å². The summed E-state index contributed by atoms with van der Waals surface area (Å²) in [7, 11) is 0. The van der Waals surface area contributed by atoms with Crippen molar-refractivity contribution in [3.63, 3.8) is 0 Å². The standard InChI is InChI=1S/C32H53N/c1-3-27-33(28-4-2)29-20-16-14-12-10-8-6-5-7-9-11-13-15-17-22-30-24-21-25-31-23-18-19-26-32(30)31/h18-19,21,23-26H,3-17,20,22,27-29H2,1-2H3. The van der Waals surface area contributed by atoms with E-state index in [2.05, 4.69) is 61.2 Å². The van der Waals surface area contributed by atoms with E-state index in [0.717, 1.165) is 0 Å². The van der Waals surface area contributed by atoms with Crippen LogP contribution >= 0.6 is 0 Å². The molecule has 0 N–H and O–H groups in total. The molecule has 0 spiro atoms. The van der Waals surface area contributed by atoms with Crippen molar-refractivity contribution in [3.05, 3.63) is 48.0 Å². The van der Waals surface area contributed by atoms with E-state index in [4.69, 9.17) is 0 Å². The highest BCUT2D eigenvalue weighted by molar-refractivity contribution is 5.85. The number of nitrogens with zero attached hydrogens (tertiary/aromatic N) is 1. The fourth-order valence-corrected chi connectivity index (χ4v) is 5.25. The van der Waals surface area contributed by atoms with Crippen molar-refractivity contribution >= 4 is 10.8 Å². The van der Waals surface area contributed by atoms with Crippen molar-refractivity contribution in [1.29, 1.82) is 0 Å². The van der Waals surface area contributed by atoms with E-state index in [1.807, 2.05) is 0 Å². The number of hydrogen-bond acceptors (Lipinski definition) is 1. The Morgan fingerprint density at radius 1 is 0.485 bits per heavy atom. The van der Waals surface area contributed by atoms with Crippen molar-refractivity contribution < 1.29 is 0 Å². The Hall–Kier alpha value is -1.34. The van der Waals surface area contributed by atoms with Crippen LogP contribution in [-0.2, 0) is 6.42 Å². The average molecular weight is 452 g/mol. The monoisotopic (exact) mass is 451 g/mol. The third-order valence-electron chi connectivity index (χ3n) is 7.13. The quantitative estimate of drug-likeness (QED) is 0.171. The smallest absolute Gasteiger partial charge is 0.00187 e. The van der Waals surface area contributed by atoms with Gasteiger partial charge in [0.25, 0.3) is 0 Å². The molecule has 33 heavy (non-hydrogen) atoms. The Bertz CT molecular complexity index is 695. The number of hydrogen-bond donors (Lipinski definition) is 0. The highest BCUT2D eigenvalue weighted by Gasteiger charge is 2.02. The van der Waals surface area contributed by atoms with Crippen LogP contribution in [0.2, 0.25) is 0 Å². The SMILES string of the molecule is CCCN(CCC)CCCCCCCCCCCCCCCCc1cccc2ccccc12. The molecule has 0 aliphatic heterocycles. The molecule has 2 rings (SSSR count). The molecule has 186 valence electrons. The van der Waals surface area contributed by atoms with Gasteiger partial charge in [-0.2, -0.15) is 0 Å². The third-order valence-corrected chi connectivity index (χ3v) is 7.13. The summed E-state index contributed by atoms with van der Waals surface area (Å²) in [6, 6.07) is 15.6. The van der Waals surface area contributed by atoms with Crippen LogP contribution < -0.4 is 0 Å². The largest absolute Gasteiger partial charge is 0.303 e. The molecule has 1 nitrogen and oxygen atoms in total. The van der Waals surface area contributed by atoms with Crippen LogP contribution in [0.4, 0.5) is 0 Å². The lowest BCUT2D eigenvalue weighted by molar-refractivity contribution is 0.267. The molecule has 1 heteroatoms. The first-order valence-corrected chi connectivity index (χ1v) is 14.5. The number of aryl methyl sites for hydroxylation is 1. The fourth-order valence-electron chi connectivity index (χ4n) is 5.25. The summed E-state index contributed by atoms with van der Waals surface area (Å²) in [6.45, 7) is 8.51. The van der Waals surface area contributed by atoms with E-state index < -0.39 is 0 Å². The zero-order valence-corrected chi connectivity index (χ0v) is 22.1. The molecule has 0 aromatic heterocycles. The van der Waals surface area contributed by atoms with Gasteiger partial charge in [0.1, 0.15) is 0 Å². The number of unbranched alkanes of at least 4 members (excludes halogenated alkanes) is 13. The number of fused-ring (bicyclic) bond motifs is 1. The molecule has 0 heterocycles. The summed E-state index contributed by atoms with van der Waals surface area (Å²) in [5.41, 5.74) is 1.53. The minimum Gasteiger partial charge on any atom is -0.303 e. The Morgan fingerprint density at radius 2 is 0.970 bits per heavy atom. The summed E-state index contributed by atoms with van der Waals surface area (Å²) in [6.07, 6.45) is 23.9. The van der Waals surface area contributed by atoms with Crippen molar-refractivity contribution in [2.24, 2.45) is 0 Å². The number of benzene rings is 2. The molecule has 0 amide bonds. The molecular weight excluding hydrogens is 398 g/mol. The van der Waals surface area contributed by atoms with Gasteiger partial charge in [0.05, 0.1) is 0 Å². The number of rotatable bonds is 21. The summed E-state index contributed by atoms with van der Waals surface area (Å²) >= 11 is 0. The van der Waals surface area contributed by atoms with E-state index >= 15 is 0 Å². The van der Waals surface area contributed by atoms with Crippen molar-refractivity contribution in [1.82, 2.24) is 4.90 Å². The molecular formula is C32H53N. The second-order valence-electron chi connectivity index (χ2n) is 10.2. The molecule has 0 fully saturated rings. The molecule has 2 aromatic rings. The van der Waals surface area contributed by atoms with Crippen LogP contribution in [0.5, 0.6) is 0 Å². The van der Waals surface area contributed by atoms with Gasteiger partial charge in [-0.1, -0.05) is 133 Å². The van der Waals surface area contributed by atoms with Gasteiger partial charge in [0, 0.05) is 0 Å². The van der Waals surface area contributed by atoms with Crippen LogP contribution in [0.3, 0.4) is 0 Å². The van der Waals surface area contributed by atoms with Crippen LogP contribution in [0.1, 0.15) is 122 Å². The molecule has 0 saturated heterocycles. The maximum absolute atomic E-state index is 2.66. The van der Waals surface area contributed by atoms with E-state index in [0.29, 0.717) is 0 Å². The van der Waals surface area contributed by atoms with Crippen LogP contribution in [0.15, 0.2) is 42.5 Å². The molecule has 0 atom stereocenters. The molecule has 0 unspecified atom stereocenters. The van der Waals surface area contributed by atoms with Gasteiger partial charge in [-0.25, -0.2) is 0 Å². The predicted molar refractivity (Wildman–Crippen MR) is 149 cm³/mol. The maximum atomic E-state index is 2.66. The Labute approximate surface area is 206 Å². The first-order chi connectivity index (χ1) is 16.3. The van der Waals surface area contributed by atoms with Crippen molar-refractivity contribution in [2.45, 2.75) is 123 Å². The molecule has 0 aliphatic rings. The van der Waals surface area contributed by atoms with Gasteiger partial charge in [-0.05, 0) is 68.1 Å². The Morgan fingerprint density at radius 3 is 1.55 bits per heavy atom. The second kappa shape index (κ2) is 19.0. The van der Waals surface area contributed by atoms with Gasteiger partial charge in [-0.15, -0.1) is 0 Å². The molecule has 0 bridgehead atoms. The average Bonchev–Trinajstić information content (AvgIpc) is 2.84. The van der Waals surface area contributed by atoms with Gasteiger partial charge in [0.15, 0.2) is 0 Å². The van der Waals surface area contributed by atoms with Crippen molar-refractivity contribution in [2.75, 3.05) is 19.6 Å². The van der Waals surface area contributed by atoms with Crippen LogP contribution in [0, 0.1) is 0 Å². The molecule has 0 aliphatic carbocycles. The summed E-state index contributed by atoms with van der Waals surface area (Å²) in [5.74, 6) is 0. The molecule has 0 radical (unpaired) electrons. The van der Waals surface area contributed by atoms with Crippen LogP contribution in [-0.4, -0.2) is 24.5 Å². The minimum absolute atomic E-state index is 1.23. The lowest BCUT2D eigenvalue weighted by Gasteiger charge is -2.20. The van der Waals surface area contributed by atoms with E-state index in [1.54, 1.807) is 0 Å². The highest BCUT2D eigenvalue weighted by atomic mass is 15.1. The van der Waals surface area contributed by atoms with E-state index in [-0.39, 0.29) is 0 Å². The zero-order valence-electron chi connectivity index (χ0n) is 22.1.